The molecule has 0 N–H and O–H groups in total. The molecule has 0 saturated carbocycles. The smallest absolute Gasteiger partial charge is 0.118 e. The molecule has 0 unspecified atom stereocenters. The highest BCUT2D eigenvalue weighted by molar-refractivity contribution is 7.99. The zero-order chi connectivity index (χ0) is 13.8. The molecule has 0 aliphatic rings. The Hall–Kier alpha value is -1.74. The van der Waals surface area contributed by atoms with Crippen molar-refractivity contribution in [3.8, 4) is 5.75 Å². The van der Waals surface area contributed by atoms with Gasteiger partial charge in [0.1, 0.15) is 5.75 Å². The molecule has 0 atom stereocenters. The Morgan fingerprint density at radius 3 is 2.11 bits per heavy atom. The molecule has 0 heterocycles. The van der Waals surface area contributed by atoms with E-state index in [0.717, 1.165) is 11.4 Å². The monoisotopic (exact) mass is 271 g/mol. The molecular weight excluding hydrogens is 254 g/mol. The second-order valence-corrected chi connectivity index (χ2v) is 5.43. The van der Waals surface area contributed by atoms with E-state index in [1.807, 2.05) is 12.1 Å². The van der Waals surface area contributed by atoms with E-state index in [1.54, 1.807) is 18.9 Å². The summed E-state index contributed by atoms with van der Waals surface area (Å²) < 4.78 is 5.17. The van der Waals surface area contributed by atoms with Gasteiger partial charge in [-0.25, -0.2) is 0 Å². The molecule has 0 aromatic heterocycles. The summed E-state index contributed by atoms with van der Waals surface area (Å²) in [4.78, 5) is 6.46. The van der Waals surface area contributed by atoms with Crippen LogP contribution in [0, 0.1) is 13.8 Å². The number of benzene rings is 2. The minimum absolute atomic E-state index is 0.879. The van der Waals surface area contributed by atoms with Crippen molar-refractivity contribution in [3.05, 3.63) is 47.5 Å². The van der Waals surface area contributed by atoms with Crippen molar-refractivity contribution >= 4 is 24.2 Å². The van der Waals surface area contributed by atoms with E-state index >= 15 is 0 Å². The number of methoxy groups -OCH3 is 1. The highest BCUT2D eigenvalue weighted by atomic mass is 32.2. The minimum Gasteiger partial charge on any atom is -0.497 e. The summed E-state index contributed by atoms with van der Waals surface area (Å²) in [6, 6.07) is 12.2. The normalized spacial score (nSPS) is 10.3. The van der Waals surface area contributed by atoms with Gasteiger partial charge in [-0.15, -0.1) is 0 Å². The van der Waals surface area contributed by atoms with Crippen LogP contribution >= 0.6 is 11.8 Å². The first-order valence-electron chi connectivity index (χ1n) is 6.04. The Morgan fingerprint density at radius 2 is 1.63 bits per heavy atom. The second kappa shape index (κ2) is 5.93. The average molecular weight is 271 g/mol. The third-order valence-corrected chi connectivity index (χ3v) is 4.26. The summed E-state index contributed by atoms with van der Waals surface area (Å²) >= 11 is 1.76. The number of hydrogen-bond acceptors (Lipinski definition) is 3. The SMILES string of the molecule is C=Nc1cc(C)c(Sc2ccc(OC)cc2)c(C)c1. The Balaban J connectivity index is 2.29. The molecule has 19 heavy (non-hydrogen) atoms. The van der Waals surface area contributed by atoms with Gasteiger partial charge in [0, 0.05) is 9.79 Å². The summed E-state index contributed by atoms with van der Waals surface area (Å²) in [6.07, 6.45) is 0. The molecule has 2 nitrogen and oxygen atoms in total. The Labute approximate surface area is 118 Å². The van der Waals surface area contributed by atoms with E-state index < -0.39 is 0 Å². The lowest BCUT2D eigenvalue weighted by atomic mass is 10.1. The maximum atomic E-state index is 5.17. The zero-order valence-electron chi connectivity index (χ0n) is 11.4. The lowest BCUT2D eigenvalue weighted by molar-refractivity contribution is 0.414. The van der Waals surface area contributed by atoms with Gasteiger partial charge in [-0.2, -0.15) is 0 Å². The molecule has 0 fully saturated rings. The van der Waals surface area contributed by atoms with Gasteiger partial charge in [-0.3, -0.25) is 4.99 Å². The van der Waals surface area contributed by atoms with Crippen LogP contribution in [0.3, 0.4) is 0 Å². The van der Waals surface area contributed by atoms with Crippen LogP contribution in [0.5, 0.6) is 5.75 Å². The van der Waals surface area contributed by atoms with Crippen LogP contribution < -0.4 is 4.74 Å². The van der Waals surface area contributed by atoms with Gasteiger partial charge in [0.2, 0.25) is 0 Å². The van der Waals surface area contributed by atoms with Gasteiger partial charge in [-0.05, 0) is 68.1 Å². The predicted octanol–water partition coefficient (Wildman–Crippen LogP) is 4.80. The van der Waals surface area contributed by atoms with Crippen LogP contribution in [-0.2, 0) is 0 Å². The number of hydrogen-bond donors (Lipinski definition) is 0. The quantitative estimate of drug-likeness (QED) is 0.745. The molecular formula is C16H17NOS. The third-order valence-electron chi connectivity index (χ3n) is 2.91. The van der Waals surface area contributed by atoms with E-state index in [2.05, 4.69) is 49.8 Å². The Morgan fingerprint density at radius 1 is 1.05 bits per heavy atom. The summed E-state index contributed by atoms with van der Waals surface area (Å²) in [5.74, 6) is 0.879. The Kier molecular flexibility index (Phi) is 4.27. The van der Waals surface area contributed by atoms with Crippen molar-refractivity contribution in [2.45, 2.75) is 23.6 Å². The minimum atomic E-state index is 0.879. The van der Waals surface area contributed by atoms with Gasteiger partial charge in [-0.1, -0.05) is 11.8 Å². The van der Waals surface area contributed by atoms with Crippen LogP contribution in [0.2, 0.25) is 0 Å². The molecule has 3 heteroatoms. The molecule has 0 saturated heterocycles. The van der Waals surface area contributed by atoms with Crippen LogP contribution in [0.4, 0.5) is 5.69 Å². The van der Waals surface area contributed by atoms with Gasteiger partial charge < -0.3 is 4.74 Å². The maximum Gasteiger partial charge on any atom is 0.118 e. The van der Waals surface area contributed by atoms with Crippen molar-refractivity contribution < 1.29 is 4.74 Å². The molecule has 2 aromatic rings. The maximum absolute atomic E-state index is 5.17. The zero-order valence-corrected chi connectivity index (χ0v) is 12.3. The second-order valence-electron chi connectivity index (χ2n) is 4.34. The summed E-state index contributed by atoms with van der Waals surface area (Å²) in [7, 11) is 1.68. The molecule has 0 aliphatic heterocycles. The fourth-order valence-corrected chi connectivity index (χ4v) is 2.89. The first-order chi connectivity index (χ1) is 9.13. The number of aliphatic imine (C=N–C) groups is 1. The van der Waals surface area contributed by atoms with Crippen LogP contribution in [0.25, 0.3) is 0 Å². The Bertz CT molecular complexity index is 567. The van der Waals surface area contributed by atoms with E-state index in [1.165, 1.54) is 20.9 Å². The fourth-order valence-electron chi connectivity index (χ4n) is 1.94. The number of aryl methyl sites for hydroxylation is 2. The molecule has 0 aliphatic carbocycles. The first-order valence-corrected chi connectivity index (χ1v) is 6.85. The van der Waals surface area contributed by atoms with Crippen LogP contribution in [0.1, 0.15) is 11.1 Å². The standard InChI is InChI=1S/C16H17NOS/c1-11-9-13(17-3)10-12(2)16(11)19-15-7-5-14(18-4)6-8-15/h5-10H,3H2,1-2,4H3. The highest BCUT2D eigenvalue weighted by Gasteiger charge is 2.07. The van der Waals surface area contributed by atoms with E-state index in [-0.39, 0.29) is 0 Å². The summed E-state index contributed by atoms with van der Waals surface area (Å²) in [6.45, 7) is 7.78. The highest BCUT2D eigenvalue weighted by Crippen LogP contribution is 2.35. The van der Waals surface area contributed by atoms with E-state index in [4.69, 9.17) is 4.74 Å². The summed E-state index contributed by atoms with van der Waals surface area (Å²) in [5.41, 5.74) is 3.38. The van der Waals surface area contributed by atoms with Gasteiger partial charge >= 0.3 is 0 Å². The number of rotatable bonds is 4. The number of nitrogens with zero attached hydrogens (tertiary/aromatic N) is 1. The number of ether oxygens (including phenoxy) is 1. The van der Waals surface area contributed by atoms with E-state index in [0.29, 0.717) is 0 Å². The van der Waals surface area contributed by atoms with Crippen molar-refractivity contribution in [1.82, 2.24) is 0 Å². The first kappa shape index (κ1) is 13.7. The lowest BCUT2D eigenvalue weighted by Crippen LogP contribution is -1.86. The molecule has 98 valence electrons. The lowest BCUT2D eigenvalue weighted by Gasteiger charge is -2.11. The van der Waals surface area contributed by atoms with Crippen molar-refractivity contribution in [1.29, 1.82) is 0 Å². The topological polar surface area (TPSA) is 21.6 Å². The fraction of sp³-hybridized carbons (Fsp3) is 0.188. The molecule has 0 bridgehead atoms. The van der Waals surface area contributed by atoms with Gasteiger partial charge in [0.25, 0.3) is 0 Å². The molecule has 0 radical (unpaired) electrons. The van der Waals surface area contributed by atoms with Gasteiger partial charge in [0.05, 0.1) is 12.8 Å². The van der Waals surface area contributed by atoms with Crippen molar-refractivity contribution in [2.75, 3.05) is 7.11 Å². The van der Waals surface area contributed by atoms with Crippen LogP contribution in [-0.4, -0.2) is 13.8 Å². The predicted molar refractivity (Wildman–Crippen MR) is 82.2 cm³/mol. The van der Waals surface area contributed by atoms with Gasteiger partial charge in [0.15, 0.2) is 0 Å². The van der Waals surface area contributed by atoms with Crippen molar-refractivity contribution in [3.63, 3.8) is 0 Å². The molecule has 2 aromatic carbocycles. The molecule has 0 amide bonds. The largest absolute Gasteiger partial charge is 0.497 e. The summed E-state index contributed by atoms with van der Waals surface area (Å²) in [5, 5.41) is 0. The molecule has 2 rings (SSSR count). The average Bonchev–Trinajstić information content (AvgIpc) is 2.43. The molecule has 0 spiro atoms. The van der Waals surface area contributed by atoms with E-state index in [9.17, 15) is 0 Å². The van der Waals surface area contributed by atoms with Crippen LogP contribution in [0.15, 0.2) is 51.2 Å². The third kappa shape index (κ3) is 3.18. The van der Waals surface area contributed by atoms with Crippen molar-refractivity contribution in [2.24, 2.45) is 4.99 Å².